The number of aliphatic hydroxyl groups excluding tert-OH is 2. The van der Waals surface area contributed by atoms with Crippen LogP contribution in [-0.2, 0) is 14.3 Å². The molecule has 6 heteroatoms. The lowest BCUT2D eigenvalue weighted by Gasteiger charge is -2.22. The van der Waals surface area contributed by atoms with Gasteiger partial charge in [-0.05, 0) is 51.4 Å². The zero-order valence-corrected chi connectivity index (χ0v) is 33.4. The summed E-state index contributed by atoms with van der Waals surface area (Å²) < 4.78 is 5.42. The Morgan fingerprint density at radius 3 is 1.46 bits per heavy atom. The van der Waals surface area contributed by atoms with Crippen LogP contribution in [0.1, 0.15) is 232 Å². The molecule has 0 saturated heterocycles. The van der Waals surface area contributed by atoms with E-state index in [4.69, 9.17) is 4.74 Å². The highest BCUT2D eigenvalue weighted by Gasteiger charge is 2.20. The Bertz CT molecular complexity index is 742. The lowest BCUT2D eigenvalue weighted by Crippen LogP contribution is -2.45. The van der Waals surface area contributed by atoms with Crippen molar-refractivity contribution in [2.75, 3.05) is 13.2 Å². The molecular formula is C44H85NO5. The second kappa shape index (κ2) is 40.4. The van der Waals surface area contributed by atoms with Crippen LogP contribution in [0.2, 0.25) is 0 Å². The largest absolute Gasteiger partial charge is 0.466 e. The predicted octanol–water partition coefficient (Wildman–Crippen LogP) is 12.2. The normalized spacial score (nSPS) is 12.8. The SMILES string of the molecule is CCCCC/C=C\CCCCCCCC(=O)OCCCCCCCCCCCCC(=O)NC(CO)C(O)CCCCCCCCCCCCC. The number of allylic oxidation sites excluding steroid dienone is 2. The van der Waals surface area contributed by atoms with Gasteiger partial charge in [-0.1, -0.05) is 180 Å². The molecule has 0 fully saturated rings. The van der Waals surface area contributed by atoms with Gasteiger partial charge >= 0.3 is 5.97 Å². The number of esters is 1. The van der Waals surface area contributed by atoms with Crippen LogP contribution in [0.5, 0.6) is 0 Å². The molecule has 0 bridgehead atoms. The van der Waals surface area contributed by atoms with Crippen LogP contribution in [0.15, 0.2) is 12.2 Å². The van der Waals surface area contributed by atoms with Gasteiger partial charge in [0.05, 0.1) is 25.4 Å². The van der Waals surface area contributed by atoms with E-state index in [-0.39, 0.29) is 18.5 Å². The molecule has 6 nitrogen and oxygen atoms in total. The summed E-state index contributed by atoms with van der Waals surface area (Å²) in [4.78, 5) is 24.3. The smallest absolute Gasteiger partial charge is 0.305 e. The first-order valence-electron chi connectivity index (χ1n) is 21.9. The van der Waals surface area contributed by atoms with Gasteiger partial charge in [0.25, 0.3) is 0 Å². The van der Waals surface area contributed by atoms with Crippen LogP contribution in [0.25, 0.3) is 0 Å². The van der Waals surface area contributed by atoms with Gasteiger partial charge in [-0.25, -0.2) is 0 Å². The number of ether oxygens (including phenoxy) is 1. The van der Waals surface area contributed by atoms with Crippen molar-refractivity contribution < 1.29 is 24.5 Å². The highest BCUT2D eigenvalue weighted by atomic mass is 16.5. The quantitative estimate of drug-likeness (QED) is 0.0335. The van der Waals surface area contributed by atoms with E-state index in [1.165, 1.54) is 141 Å². The van der Waals surface area contributed by atoms with Crippen molar-refractivity contribution in [3.05, 3.63) is 12.2 Å². The Kier molecular flexibility index (Phi) is 39.2. The summed E-state index contributed by atoms with van der Waals surface area (Å²) in [6.07, 6.45) is 43.0. The van der Waals surface area contributed by atoms with Crippen molar-refractivity contribution in [2.45, 2.75) is 244 Å². The third-order valence-electron chi connectivity index (χ3n) is 10.1. The Hall–Kier alpha value is -1.40. The molecule has 0 aliphatic carbocycles. The first kappa shape index (κ1) is 48.6. The maximum Gasteiger partial charge on any atom is 0.305 e. The molecule has 0 heterocycles. The molecule has 0 spiro atoms. The van der Waals surface area contributed by atoms with Crippen LogP contribution >= 0.6 is 0 Å². The monoisotopic (exact) mass is 708 g/mol. The molecule has 0 radical (unpaired) electrons. The molecule has 2 unspecified atom stereocenters. The van der Waals surface area contributed by atoms with Gasteiger partial charge in [0.15, 0.2) is 0 Å². The van der Waals surface area contributed by atoms with E-state index < -0.39 is 12.1 Å². The fourth-order valence-corrected chi connectivity index (χ4v) is 6.63. The maximum absolute atomic E-state index is 12.4. The minimum Gasteiger partial charge on any atom is -0.466 e. The highest BCUT2D eigenvalue weighted by molar-refractivity contribution is 5.76. The average molecular weight is 708 g/mol. The number of carbonyl (C=O) groups excluding carboxylic acids is 2. The first-order chi connectivity index (χ1) is 24.5. The maximum atomic E-state index is 12.4. The molecular weight excluding hydrogens is 622 g/mol. The number of unbranched alkanes of at least 4 members (excludes halogenated alkanes) is 27. The molecule has 0 aliphatic rings. The van der Waals surface area contributed by atoms with Crippen molar-refractivity contribution in [3.63, 3.8) is 0 Å². The summed E-state index contributed by atoms with van der Waals surface area (Å²) in [6.45, 7) is 4.85. The molecule has 2 atom stereocenters. The summed E-state index contributed by atoms with van der Waals surface area (Å²) >= 11 is 0. The molecule has 0 aromatic heterocycles. The topological polar surface area (TPSA) is 95.9 Å². The van der Waals surface area contributed by atoms with Gasteiger partial charge in [0, 0.05) is 12.8 Å². The van der Waals surface area contributed by atoms with Gasteiger partial charge in [-0.15, -0.1) is 0 Å². The molecule has 0 rings (SSSR count). The zero-order chi connectivity index (χ0) is 36.6. The van der Waals surface area contributed by atoms with Gasteiger partial charge in [-0.3, -0.25) is 9.59 Å². The van der Waals surface area contributed by atoms with Crippen molar-refractivity contribution in [1.82, 2.24) is 5.32 Å². The molecule has 1 amide bonds. The third-order valence-corrected chi connectivity index (χ3v) is 10.1. The lowest BCUT2D eigenvalue weighted by atomic mass is 10.0. The van der Waals surface area contributed by atoms with Crippen molar-refractivity contribution in [3.8, 4) is 0 Å². The second-order valence-electron chi connectivity index (χ2n) is 15.0. The standard InChI is InChI=1S/C44H85NO5/c1-3-5-7-9-11-13-15-17-22-26-30-34-38-44(49)50-39-35-31-27-23-19-18-21-25-29-33-37-43(48)45-41(40-46)42(47)36-32-28-24-20-16-14-12-10-8-6-4-2/h11,13,41-42,46-47H,3-10,12,14-40H2,1-2H3,(H,45,48)/b13-11-. The highest BCUT2D eigenvalue weighted by Crippen LogP contribution is 2.15. The summed E-state index contributed by atoms with van der Waals surface area (Å²) in [6, 6.07) is -0.555. The Balaban J connectivity index is 3.49. The average Bonchev–Trinajstić information content (AvgIpc) is 3.11. The number of amides is 1. The molecule has 296 valence electrons. The van der Waals surface area contributed by atoms with Crippen molar-refractivity contribution >= 4 is 11.9 Å². The minimum absolute atomic E-state index is 0.0295. The Morgan fingerprint density at radius 2 is 0.940 bits per heavy atom. The third kappa shape index (κ3) is 36.4. The van der Waals surface area contributed by atoms with E-state index in [1.54, 1.807) is 0 Å². The summed E-state index contributed by atoms with van der Waals surface area (Å²) in [5.41, 5.74) is 0. The Morgan fingerprint density at radius 1 is 0.540 bits per heavy atom. The van der Waals surface area contributed by atoms with Gasteiger partial charge in [-0.2, -0.15) is 0 Å². The number of hydrogen-bond acceptors (Lipinski definition) is 5. The van der Waals surface area contributed by atoms with Crippen molar-refractivity contribution in [1.29, 1.82) is 0 Å². The van der Waals surface area contributed by atoms with Crippen LogP contribution in [0.3, 0.4) is 0 Å². The molecule has 3 N–H and O–H groups in total. The van der Waals surface area contributed by atoms with Crippen LogP contribution in [-0.4, -0.2) is 47.4 Å². The molecule has 0 aliphatic heterocycles. The van der Waals surface area contributed by atoms with E-state index in [0.717, 1.165) is 57.8 Å². The Labute approximate surface area is 310 Å². The summed E-state index contributed by atoms with van der Waals surface area (Å²) in [5, 5.41) is 23.1. The summed E-state index contributed by atoms with van der Waals surface area (Å²) in [7, 11) is 0. The number of hydrogen-bond donors (Lipinski definition) is 3. The second-order valence-corrected chi connectivity index (χ2v) is 15.0. The fraction of sp³-hybridized carbons (Fsp3) is 0.909. The van der Waals surface area contributed by atoms with E-state index in [2.05, 4.69) is 31.3 Å². The minimum atomic E-state index is -0.676. The van der Waals surface area contributed by atoms with Gasteiger partial charge in [0.1, 0.15) is 0 Å². The van der Waals surface area contributed by atoms with Crippen LogP contribution in [0.4, 0.5) is 0 Å². The van der Waals surface area contributed by atoms with Gasteiger partial charge in [0.2, 0.25) is 5.91 Å². The predicted molar refractivity (Wildman–Crippen MR) is 213 cm³/mol. The first-order valence-corrected chi connectivity index (χ1v) is 21.9. The lowest BCUT2D eigenvalue weighted by molar-refractivity contribution is -0.143. The number of carbonyl (C=O) groups is 2. The number of rotatable bonds is 40. The zero-order valence-electron chi connectivity index (χ0n) is 33.4. The van der Waals surface area contributed by atoms with E-state index in [9.17, 15) is 19.8 Å². The van der Waals surface area contributed by atoms with Crippen molar-refractivity contribution in [2.24, 2.45) is 0 Å². The van der Waals surface area contributed by atoms with E-state index in [1.807, 2.05) is 0 Å². The van der Waals surface area contributed by atoms with E-state index in [0.29, 0.717) is 25.9 Å². The molecule has 0 saturated carbocycles. The molecule has 0 aromatic rings. The van der Waals surface area contributed by atoms with Gasteiger partial charge < -0.3 is 20.3 Å². The number of aliphatic hydroxyl groups is 2. The molecule has 50 heavy (non-hydrogen) atoms. The number of nitrogens with one attached hydrogen (secondary N) is 1. The van der Waals surface area contributed by atoms with Crippen LogP contribution in [0, 0.1) is 0 Å². The fourth-order valence-electron chi connectivity index (χ4n) is 6.63. The van der Waals surface area contributed by atoms with Crippen LogP contribution < -0.4 is 5.32 Å². The molecule has 0 aromatic carbocycles. The summed E-state index contributed by atoms with van der Waals surface area (Å²) in [5.74, 6) is -0.0896. The van der Waals surface area contributed by atoms with E-state index >= 15 is 0 Å².